The van der Waals surface area contributed by atoms with Gasteiger partial charge in [0.2, 0.25) is 0 Å². The zero-order chi connectivity index (χ0) is 10.6. The van der Waals surface area contributed by atoms with Gasteiger partial charge in [0, 0.05) is 0 Å². The SMILES string of the molecule is CN(C)C.[SnH][c]1nc2ccccc2s1. The summed E-state index contributed by atoms with van der Waals surface area (Å²) in [6.07, 6.45) is 0. The van der Waals surface area contributed by atoms with Gasteiger partial charge >= 0.3 is 76.4 Å². The molecule has 2 aromatic rings. The summed E-state index contributed by atoms with van der Waals surface area (Å²) >= 11 is 2.93. The predicted octanol–water partition coefficient (Wildman–Crippen LogP) is 1.00. The zero-order valence-corrected chi connectivity index (χ0v) is 12.8. The van der Waals surface area contributed by atoms with Crippen LogP contribution in [0.2, 0.25) is 0 Å². The normalized spacial score (nSPS) is 10.1. The molecule has 0 unspecified atom stereocenters. The van der Waals surface area contributed by atoms with E-state index in [1.54, 1.807) is 11.3 Å². The standard InChI is InChI=1S/C7H4NS.C3H9N.Sn.H/c1-2-4-7-6(3-1)8-5-9-7;1-4(2)3;;/h1-4H;1-3H3;;. The van der Waals surface area contributed by atoms with Crippen LogP contribution in [-0.2, 0) is 0 Å². The van der Waals surface area contributed by atoms with E-state index < -0.39 is 0 Å². The fourth-order valence-electron chi connectivity index (χ4n) is 0.890. The Hall–Kier alpha value is -0.131. The molecule has 1 aromatic heterocycles. The van der Waals surface area contributed by atoms with Crippen molar-refractivity contribution < 1.29 is 0 Å². The third-order valence-corrected chi connectivity index (χ3v) is 3.55. The van der Waals surface area contributed by atoms with E-state index in [0.29, 0.717) is 0 Å². The second-order valence-corrected chi connectivity index (χ2v) is 7.18. The van der Waals surface area contributed by atoms with Gasteiger partial charge in [-0.25, -0.2) is 0 Å². The summed E-state index contributed by atoms with van der Waals surface area (Å²) in [5.41, 5.74) is 1.15. The monoisotopic (exact) mass is 314 g/mol. The van der Waals surface area contributed by atoms with Gasteiger partial charge in [-0.15, -0.1) is 0 Å². The fourth-order valence-corrected chi connectivity index (χ4v) is 3.11. The molecule has 2 nitrogen and oxygen atoms in total. The minimum absolute atomic E-state index is 1.13. The van der Waals surface area contributed by atoms with Gasteiger partial charge in [0.1, 0.15) is 0 Å². The van der Waals surface area contributed by atoms with Crippen LogP contribution in [-0.4, -0.2) is 53.6 Å². The molecule has 2 radical (unpaired) electrons. The molecule has 0 aliphatic heterocycles. The van der Waals surface area contributed by atoms with Gasteiger partial charge in [0.25, 0.3) is 0 Å². The van der Waals surface area contributed by atoms with Crippen LogP contribution in [0, 0.1) is 0 Å². The number of benzene rings is 1. The third kappa shape index (κ3) is 3.94. The van der Waals surface area contributed by atoms with E-state index in [4.69, 9.17) is 0 Å². The maximum atomic E-state index is 4.39. The van der Waals surface area contributed by atoms with Crippen molar-refractivity contribution in [1.29, 1.82) is 0 Å². The number of hydrogen-bond acceptors (Lipinski definition) is 3. The number of aromatic nitrogens is 1. The summed E-state index contributed by atoms with van der Waals surface area (Å²) < 4.78 is 2.58. The molecule has 0 atom stereocenters. The molecular weight excluding hydrogens is 299 g/mol. The number of hydrogen-bond donors (Lipinski definition) is 0. The van der Waals surface area contributed by atoms with E-state index in [-0.39, 0.29) is 0 Å². The molecule has 2 rings (SSSR count). The molecular formula is C10H14N2SSn. The molecule has 0 saturated heterocycles. The Kier molecular flexibility index (Phi) is 4.84. The summed E-state index contributed by atoms with van der Waals surface area (Å²) in [6, 6.07) is 8.27. The van der Waals surface area contributed by atoms with Gasteiger partial charge in [-0.1, -0.05) is 0 Å². The van der Waals surface area contributed by atoms with E-state index in [0.717, 1.165) is 28.0 Å². The van der Waals surface area contributed by atoms with Gasteiger partial charge in [-0.3, -0.25) is 0 Å². The Morgan fingerprint density at radius 2 is 1.79 bits per heavy atom. The summed E-state index contributed by atoms with van der Waals surface area (Å²) in [5.74, 6) is 0. The van der Waals surface area contributed by atoms with Crippen LogP contribution in [0.3, 0.4) is 0 Å². The Morgan fingerprint density at radius 1 is 1.21 bits per heavy atom. The van der Waals surface area contributed by atoms with Crippen molar-refractivity contribution in [1.82, 2.24) is 9.88 Å². The molecule has 1 heterocycles. The van der Waals surface area contributed by atoms with Crippen LogP contribution in [0.15, 0.2) is 24.3 Å². The molecule has 0 aliphatic carbocycles. The summed E-state index contributed by atoms with van der Waals surface area (Å²) in [6.45, 7) is 0. The Morgan fingerprint density at radius 3 is 2.36 bits per heavy atom. The number of thiazole rings is 1. The topological polar surface area (TPSA) is 16.1 Å². The first-order chi connectivity index (χ1) is 6.59. The summed E-state index contributed by atoms with van der Waals surface area (Å²) in [5, 5.41) is 0. The first kappa shape index (κ1) is 11.9. The van der Waals surface area contributed by atoms with Gasteiger partial charge in [0.15, 0.2) is 0 Å². The Bertz CT molecular complexity index is 362. The number of fused-ring (bicyclic) bond motifs is 1. The van der Waals surface area contributed by atoms with E-state index in [2.05, 4.69) is 23.2 Å². The third-order valence-electron chi connectivity index (χ3n) is 1.31. The Labute approximate surface area is 102 Å². The Balaban J connectivity index is 0.000000213. The van der Waals surface area contributed by atoms with Crippen LogP contribution in [0.4, 0.5) is 0 Å². The van der Waals surface area contributed by atoms with Crippen LogP contribution in [0.25, 0.3) is 10.2 Å². The first-order valence-electron chi connectivity index (χ1n) is 4.31. The zero-order valence-electron chi connectivity index (χ0n) is 8.69. The average molecular weight is 313 g/mol. The first-order valence-corrected chi connectivity index (χ1v) is 6.78. The van der Waals surface area contributed by atoms with Crippen molar-refractivity contribution in [3.05, 3.63) is 24.3 Å². The van der Waals surface area contributed by atoms with Crippen LogP contribution in [0.5, 0.6) is 0 Å². The fraction of sp³-hybridized carbons (Fsp3) is 0.300. The molecule has 0 bridgehead atoms. The van der Waals surface area contributed by atoms with Gasteiger partial charge in [-0.2, -0.15) is 0 Å². The van der Waals surface area contributed by atoms with Crippen molar-refractivity contribution >= 4 is 47.1 Å². The van der Waals surface area contributed by atoms with Gasteiger partial charge < -0.3 is 4.90 Å². The molecule has 0 fully saturated rings. The van der Waals surface area contributed by atoms with Gasteiger partial charge in [-0.05, 0) is 21.1 Å². The van der Waals surface area contributed by atoms with E-state index in [9.17, 15) is 0 Å². The summed E-state index contributed by atoms with van der Waals surface area (Å²) in [4.78, 5) is 6.39. The van der Waals surface area contributed by atoms with Crippen molar-refractivity contribution in [3.8, 4) is 0 Å². The van der Waals surface area contributed by atoms with Crippen molar-refractivity contribution in [2.45, 2.75) is 0 Å². The second-order valence-electron chi connectivity index (χ2n) is 3.36. The molecule has 0 N–H and O–H groups in total. The van der Waals surface area contributed by atoms with Gasteiger partial charge in [0.05, 0.1) is 0 Å². The van der Waals surface area contributed by atoms with Crippen molar-refractivity contribution in [2.75, 3.05) is 21.1 Å². The second kappa shape index (κ2) is 5.68. The van der Waals surface area contributed by atoms with E-state index in [1.807, 2.05) is 32.1 Å². The molecule has 1 aromatic carbocycles. The predicted molar refractivity (Wildman–Crippen MR) is 66.0 cm³/mol. The molecule has 0 saturated carbocycles. The average Bonchev–Trinajstić information content (AvgIpc) is 2.42. The molecule has 14 heavy (non-hydrogen) atoms. The van der Waals surface area contributed by atoms with E-state index >= 15 is 0 Å². The van der Waals surface area contributed by atoms with Crippen molar-refractivity contribution in [2.24, 2.45) is 0 Å². The van der Waals surface area contributed by atoms with E-state index in [1.165, 1.54) is 7.72 Å². The molecule has 0 aliphatic rings. The molecule has 4 heteroatoms. The van der Waals surface area contributed by atoms with Crippen molar-refractivity contribution in [3.63, 3.8) is 0 Å². The van der Waals surface area contributed by atoms with Crippen LogP contribution in [0.1, 0.15) is 0 Å². The van der Waals surface area contributed by atoms with Crippen LogP contribution < -0.4 is 3.02 Å². The molecule has 0 spiro atoms. The number of para-hydroxylation sites is 1. The summed E-state index contributed by atoms with van der Waals surface area (Å²) in [7, 11) is 6.00. The molecule has 0 amide bonds. The maximum absolute atomic E-state index is 4.39. The number of rotatable bonds is 0. The van der Waals surface area contributed by atoms with Crippen LogP contribution >= 0.6 is 11.3 Å². The molecule has 74 valence electrons. The minimum atomic E-state index is 1.13. The quantitative estimate of drug-likeness (QED) is 0.675. The number of nitrogens with zero attached hydrogens (tertiary/aromatic N) is 2.